The van der Waals surface area contributed by atoms with Gasteiger partial charge in [-0.05, 0) is 36.8 Å². The summed E-state index contributed by atoms with van der Waals surface area (Å²) in [4.78, 5) is 28.8. The molecule has 1 atom stereocenters. The normalized spacial score (nSPS) is 19.2. The van der Waals surface area contributed by atoms with Crippen molar-refractivity contribution in [1.29, 1.82) is 0 Å². The van der Waals surface area contributed by atoms with E-state index in [2.05, 4.69) is 51.9 Å². The van der Waals surface area contributed by atoms with Crippen molar-refractivity contribution in [3.8, 4) is 0 Å². The highest BCUT2D eigenvalue weighted by Gasteiger charge is 2.30. The standard InChI is InChI=1S/C20H26N6O2/c1-2-14-5-7-15(8-6-14)16-9-12-26(13-16)20(28)21-18-17(22-24-23-18)19(27)25-10-3-4-11-25/h5-8,16H,2-4,9-13H2,1H3,(H2,21,22,23,24,28). The van der Waals surface area contributed by atoms with E-state index in [1.54, 1.807) is 9.80 Å². The molecule has 0 radical (unpaired) electrons. The molecular weight excluding hydrogens is 356 g/mol. The third kappa shape index (κ3) is 3.72. The fourth-order valence-corrected chi connectivity index (χ4v) is 3.96. The van der Waals surface area contributed by atoms with Gasteiger partial charge in [0, 0.05) is 32.1 Å². The molecule has 3 amide bonds. The number of rotatable bonds is 4. The fraction of sp³-hybridized carbons (Fsp3) is 0.500. The van der Waals surface area contributed by atoms with Crippen LogP contribution in [0.2, 0.25) is 0 Å². The Morgan fingerprint density at radius 2 is 1.86 bits per heavy atom. The lowest BCUT2D eigenvalue weighted by Gasteiger charge is -2.18. The van der Waals surface area contributed by atoms with E-state index in [-0.39, 0.29) is 23.5 Å². The maximum atomic E-state index is 12.7. The number of hydrogen-bond acceptors (Lipinski definition) is 4. The molecule has 2 aromatic rings. The first-order chi connectivity index (χ1) is 13.7. The maximum absolute atomic E-state index is 12.7. The van der Waals surface area contributed by atoms with E-state index in [4.69, 9.17) is 0 Å². The van der Waals surface area contributed by atoms with Gasteiger partial charge in [-0.3, -0.25) is 10.1 Å². The van der Waals surface area contributed by atoms with Crippen molar-refractivity contribution in [1.82, 2.24) is 25.2 Å². The molecule has 1 aromatic carbocycles. The molecule has 2 N–H and O–H groups in total. The Bertz CT molecular complexity index is 841. The summed E-state index contributed by atoms with van der Waals surface area (Å²) in [7, 11) is 0. The average molecular weight is 382 g/mol. The molecule has 148 valence electrons. The highest BCUT2D eigenvalue weighted by atomic mass is 16.2. The zero-order chi connectivity index (χ0) is 19.5. The molecule has 0 bridgehead atoms. The van der Waals surface area contributed by atoms with Gasteiger partial charge in [-0.15, -0.1) is 10.2 Å². The molecule has 0 aliphatic carbocycles. The lowest BCUT2D eigenvalue weighted by Crippen LogP contribution is -2.34. The van der Waals surface area contributed by atoms with Crippen LogP contribution in [0.15, 0.2) is 24.3 Å². The van der Waals surface area contributed by atoms with Crippen LogP contribution < -0.4 is 5.32 Å². The van der Waals surface area contributed by atoms with Crippen molar-refractivity contribution in [2.75, 3.05) is 31.5 Å². The van der Waals surface area contributed by atoms with Gasteiger partial charge < -0.3 is 9.80 Å². The van der Waals surface area contributed by atoms with E-state index in [1.807, 2.05) is 0 Å². The zero-order valence-electron chi connectivity index (χ0n) is 16.1. The van der Waals surface area contributed by atoms with E-state index < -0.39 is 0 Å². The van der Waals surface area contributed by atoms with Crippen LogP contribution in [0.3, 0.4) is 0 Å². The summed E-state index contributed by atoms with van der Waals surface area (Å²) < 4.78 is 0. The number of aryl methyl sites for hydroxylation is 1. The summed E-state index contributed by atoms with van der Waals surface area (Å²) in [6, 6.07) is 8.40. The lowest BCUT2D eigenvalue weighted by atomic mass is 9.97. The van der Waals surface area contributed by atoms with Gasteiger partial charge in [0.05, 0.1) is 0 Å². The molecule has 4 rings (SSSR count). The van der Waals surface area contributed by atoms with Crippen LogP contribution in [0.1, 0.15) is 53.7 Å². The molecule has 0 saturated carbocycles. The van der Waals surface area contributed by atoms with Crippen LogP contribution in [0.25, 0.3) is 0 Å². The van der Waals surface area contributed by atoms with Crippen molar-refractivity contribution >= 4 is 17.8 Å². The van der Waals surface area contributed by atoms with Crippen LogP contribution in [-0.2, 0) is 6.42 Å². The van der Waals surface area contributed by atoms with Crippen LogP contribution in [0.5, 0.6) is 0 Å². The van der Waals surface area contributed by atoms with Gasteiger partial charge in [-0.2, -0.15) is 5.21 Å². The number of amides is 3. The minimum Gasteiger partial charge on any atom is -0.337 e. The van der Waals surface area contributed by atoms with Gasteiger partial charge in [-0.1, -0.05) is 31.2 Å². The number of benzene rings is 1. The fourth-order valence-electron chi connectivity index (χ4n) is 3.96. The van der Waals surface area contributed by atoms with Crippen LogP contribution in [0.4, 0.5) is 10.6 Å². The highest BCUT2D eigenvalue weighted by molar-refractivity contribution is 6.00. The number of carbonyl (C=O) groups is 2. The number of nitrogens with zero attached hydrogens (tertiary/aromatic N) is 4. The van der Waals surface area contributed by atoms with Gasteiger partial charge in [0.25, 0.3) is 5.91 Å². The zero-order valence-corrected chi connectivity index (χ0v) is 16.1. The number of likely N-dealkylation sites (tertiary alicyclic amines) is 2. The van der Waals surface area contributed by atoms with Crippen molar-refractivity contribution in [2.24, 2.45) is 0 Å². The minimum absolute atomic E-state index is 0.182. The third-order valence-electron chi connectivity index (χ3n) is 5.70. The summed E-state index contributed by atoms with van der Waals surface area (Å²) in [6.45, 7) is 4.93. The monoisotopic (exact) mass is 382 g/mol. The van der Waals surface area contributed by atoms with Gasteiger partial charge >= 0.3 is 6.03 Å². The van der Waals surface area contributed by atoms with Crippen molar-refractivity contribution in [3.63, 3.8) is 0 Å². The number of nitrogens with one attached hydrogen (secondary N) is 2. The molecule has 2 fully saturated rings. The second-order valence-electron chi connectivity index (χ2n) is 7.48. The molecule has 2 aliphatic heterocycles. The number of urea groups is 1. The van der Waals surface area contributed by atoms with Crippen LogP contribution in [0, 0.1) is 0 Å². The van der Waals surface area contributed by atoms with Crippen LogP contribution in [-0.4, -0.2) is 63.3 Å². The second-order valence-corrected chi connectivity index (χ2v) is 7.48. The number of aromatic nitrogens is 3. The van der Waals surface area contributed by atoms with Crippen molar-refractivity contribution in [3.05, 3.63) is 41.1 Å². The highest BCUT2D eigenvalue weighted by Crippen LogP contribution is 2.28. The summed E-state index contributed by atoms with van der Waals surface area (Å²) in [5.41, 5.74) is 2.76. The van der Waals surface area contributed by atoms with E-state index in [1.165, 1.54) is 11.1 Å². The van der Waals surface area contributed by atoms with Gasteiger partial charge in [0.15, 0.2) is 11.5 Å². The smallest absolute Gasteiger partial charge is 0.323 e. The van der Waals surface area contributed by atoms with Crippen molar-refractivity contribution in [2.45, 2.75) is 38.5 Å². The molecule has 3 heterocycles. The molecule has 1 aromatic heterocycles. The Labute approximate surface area is 164 Å². The van der Waals surface area contributed by atoms with Crippen LogP contribution >= 0.6 is 0 Å². The number of H-pyrrole nitrogens is 1. The first-order valence-corrected chi connectivity index (χ1v) is 10.0. The Morgan fingerprint density at radius 3 is 2.57 bits per heavy atom. The molecular formula is C20H26N6O2. The summed E-state index contributed by atoms with van der Waals surface area (Å²) >= 11 is 0. The largest absolute Gasteiger partial charge is 0.337 e. The van der Waals surface area contributed by atoms with E-state index in [0.29, 0.717) is 19.0 Å². The number of anilines is 1. The number of hydrogen-bond donors (Lipinski definition) is 2. The van der Waals surface area contributed by atoms with Gasteiger partial charge in [0.1, 0.15) is 0 Å². The quantitative estimate of drug-likeness (QED) is 0.850. The molecule has 8 nitrogen and oxygen atoms in total. The Balaban J connectivity index is 1.38. The summed E-state index contributed by atoms with van der Waals surface area (Å²) in [6.07, 6.45) is 3.95. The SMILES string of the molecule is CCc1ccc(C2CCN(C(=O)Nc3n[nH]nc3C(=O)N3CCCC3)C2)cc1. The third-order valence-corrected chi connectivity index (χ3v) is 5.70. The Kier molecular flexibility index (Phi) is 5.27. The topological polar surface area (TPSA) is 94.2 Å². The second kappa shape index (κ2) is 8.00. The predicted octanol–water partition coefficient (Wildman–Crippen LogP) is 2.62. The van der Waals surface area contributed by atoms with Crippen molar-refractivity contribution < 1.29 is 9.59 Å². The molecule has 0 spiro atoms. The Hall–Kier alpha value is -2.90. The number of aromatic amines is 1. The van der Waals surface area contributed by atoms with E-state index >= 15 is 0 Å². The molecule has 2 aliphatic rings. The molecule has 1 unspecified atom stereocenters. The molecule has 28 heavy (non-hydrogen) atoms. The van der Waals surface area contributed by atoms with Gasteiger partial charge in [0.2, 0.25) is 0 Å². The summed E-state index contributed by atoms with van der Waals surface area (Å²) in [5, 5.41) is 13.2. The number of carbonyl (C=O) groups excluding carboxylic acids is 2. The van der Waals surface area contributed by atoms with Gasteiger partial charge in [-0.25, -0.2) is 4.79 Å². The first-order valence-electron chi connectivity index (χ1n) is 10.0. The van der Waals surface area contributed by atoms with E-state index in [0.717, 1.165) is 38.8 Å². The average Bonchev–Trinajstić information content (AvgIpc) is 3.49. The van der Waals surface area contributed by atoms with E-state index in [9.17, 15) is 9.59 Å². The lowest BCUT2D eigenvalue weighted by molar-refractivity contribution is 0.0788. The minimum atomic E-state index is -0.239. The maximum Gasteiger partial charge on any atom is 0.323 e. The predicted molar refractivity (Wildman–Crippen MR) is 105 cm³/mol. The first kappa shape index (κ1) is 18.5. The Morgan fingerprint density at radius 1 is 1.11 bits per heavy atom. The molecule has 8 heteroatoms. The molecule has 2 saturated heterocycles. The summed E-state index contributed by atoms with van der Waals surface area (Å²) in [5.74, 6) is 0.356.